The zero-order valence-corrected chi connectivity index (χ0v) is 14.9. The molecule has 1 atom stereocenters. The molecule has 1 amide bonds. The minimum absolute atomic E-state index is 0.101. The summed E-state index contributed by atoms with van der Waals surface area (Å²) in [6.07, 6.45) is 13.7. The molecule has 130 valence electrons. The van der Waals surface area contributed by atoms with Gasteiger partial charge in [-0.3, -0.25) is 4.79 Å². The monoisotopic (exact) mass is 327 g/mol. The van der Waals surface area contributed by atoms with Gasteiger partial charge in [0.25, 0.3) is 0 Å². The average Bonchev–Trinajstić information content (AvgIpc) is 2.93. The molecule has 1 saturated heterocycles. The molecule has 1 aromatic heterocycles. The van der Waals surface area contributed by atoms with Crippen LogP contribution >= 0.6 is 0 Å². The van der Waals surface area contributed by atoms with Crippen LogP contribution in [0.15, 0.2) is 6.20 Å². The van der Waals surface area contributed by atoms with Gasteiger partial charge in [-0.2, -0.15) is 0 Å². The van der Waals surface area contributed by atoms with Crippen LogP contribution in [-0.4, -0.2) is 33.9 Å². The molecule has 2 fully saturated rings. The topological polar surface area (TPSA) is 46.1 Å². The molecular formula is C20H29N3O. The Morgan fingerprint density at radius 3 is 2.92 bits per heavy atom. The van der Waals surface area contributed by atoms with Crippen LogP contribution in [0.4, 0.5) is 0 Å². The van der Waals surface area contributed by atoms with Crippen molar-refractivity contribution in [3.8, 4) is 0 Å². The van der Waals surface area contributed by atoms with Crippen molar-refractivity contribution in [1.82, 2.24) is 14.9 Å². The standard InChI is InChI=1S/C20H29N3O/c1-15-21-13-17-8-10-20(19(17)22-15)9-5-11-23(14-20)18(24)12-16-6-3-2-4-7-16/h13,16H,2-12,14H2,1H3. The van der Waals surface area contributed by atoms with Crippen molar-refractivity contribution in [2.45, 2.75) is 76.5 Å². The fourth-order valence-electron chi connectivity index (χ4n) is 5.14. The third kappa shape index (κ3) is 2.96. The van der Waals surface area contributed by atoms with E-state index in [1.165, 1.54) is 49.8 Å². The molecule has 0 N–H and O–H groups in total. The first-order chi connectivity index (χ1) is 11.7. The zero-order chi connectivity index (χ0) is 16.6. The summed E-state index contributed by atoms with van der Waals surface area (Å²) in [6, 6.07) is 0. The molecule has 2 aliphatic carbocycles. The van der Waals surface area contributed by atoms with E-state index in [1.807, 2.05) is 13.1 Å². The number of carbonyl (C=O) groups excluding carboxylic acids is 1. The molecule has 0 radical (unpaired) electrons. The molecule has 1 saturated carbocycles. The normalized spacial score (nSPS) is 27.5. The molecule has 4 heteroatoms. The van der Waals surface area contributed by atoms with Gasteiger partial charge in [-0.1, -0.05) is 19.3 Å². The Morgan fingerprint density at radius 2 is 2.08 bits per heavy atom. The van der Waals surface area contributed by atoms with E-state index >= 15 is 0 Å². The summed E-state index contributed by atoms with van der Waals surface area (Å²) in [7, 11) is 0. The highest BCUT2D eigenvalue weighted by molar-refractivity contribution is 5.76. The van der Waals surface area contributed by atoms with Crippen molar-refractivity contribution < 1.29 is 4.79 Å². The second-order valence-electron chi connectivity index (χ2n) is 8.20. The molecule has 0 bridgehead atoms. The number of amides is 1. The number of piperidine rings is 1. The van der Waals surface area contributed by atoms with Crippen molar-refractivity contribution in [3.63, 3.8) is 0 Å². The van der Waals surface area contributed by atoms with Gasteiger partial charge < -0.3 is 4.90 Å². The van der Waals surface area contributed by atoms with Gasteiger partial charge in [0.2, 0.25) is 5.91 Å². The van der Waals surface area contributed by atoms with E-state index in [9.17, 15) is 4.79 Å². The predicted octanol–water partition coefficient (Wildman–Crippen LogP) is 3.56. The van der Waals surface area contributed by atoms with Crippen molar-refractivity contribution >= 4 is 5.91 Å². The maximum absolute atomic E-state index is 12.9. The van der Waals surface area contributed by atoms with E-state index in [-0.39, 0.29) is 5.41 Å². The molecule has 3 aliphatic rings. The molecule has 1 unspecified atom stereocenters. The second-order valence-corrected chi connectivity index (χ2v) is 8.20. The fraction of sp³-hybridized carbons (Fsp3) is 0.750. The first-order valence-corrected chi connectivity index (χ1v) is 9.77. The van der Waals surface area contributed by atoms with Crippen LogP contribution in [0, 0.1) is 12.8 Å². The Balaban J connectivity index is 1.48. The van der Waals surface area contributed by atoms with Crippen molar-refractivity contribution in [1.29, 1.82) is 0 Å². The number of nitrogens with zero attached hydrogens (tertiary/aromatic N) is 3. The van der Waals surface area contributed by atoms with Crippen LogP contribution in [-0.2, 0) is 16.6 Å². The molecular weight excluding hydrogens is 298 g/mol. The summed E-state index contributed by atoms with van der Waals surface area (Å²) in [6.45, 7) is 3.79. The van der Waals surface area contributed by atoms with Gasteiger partial charge in [-0.25, -0.2) is 9.97 Å². The Morgan fingerprint density at radius 1 is 1.25 bits per heavy atom. The van der Waals surface area contributed by atoms with Crippen LogP contribution in [0.1, 0.15) is 74.9 Å². The van der Waals surface area contributed by atoms with Gasteiger partial charge in [-0.05, 0) is 56.9 Å². The second kappa shape index (κ2) is 6.45. The molecule has 1 aromatic rings. The van der Waals surface area contributed by atoms with Crippen LogP contribution < -0.4 is 0 Å². The SMILES string of the molecule is Cc1ncc2c(n1)C1(CCCN(C(=O)CC3CCCCC3)C1)CC2. The molecule has 0 aromatic carbocycles. The van der Waals surface area contributed by atoms with Gasteiger partial charge in [0, 0.05) is 31.1 Å². The van der Waals surface area contributed by atoms with Gasteiger partial charge in [0.1, 0.15) is 5.82 Å². The van der Waals surface area contributed by atoms with Gasteiger partial charge in [-0.15, -0.1) is 0 Å². The Bertz CT molecular complexity index is 619. The van der Waals surface area contributed by atoms with E-state index in [4.69, 9.17) is 4.98 Å². The highest BCUT2D eigenvalue weighted by atomic mass is 16.2. The molecule has 24 heavy (non-hydrogen) atoms. The lowest BCUT2D eigenvalue weighted by molar-refractivity contribution is -0.134. The summed E-state index contributed by atoms with van der Waals surface area (Å²) in [5.41, 5.74) is 2.65. The smallest absolute Gasteiger partial charge is 0.222 e. The zero-order valence-electron chi connectivity index (χ0n) is 14.9. The number of likely N-dealkylation sites (tertiary alicyclic amines) is 1. The number of aromatic nitrogens is 2. The number of aryl methyl sites for hydroxylation is 2. The van der Waals surface area contributed by atoms with E-state index in [0.29, 0.717) is 11.8 Å². The third-order valence-electron chi connectivity index (χ3n) is 6.48. The minimum Gasteiger partial charge on any atom is -0.342 e. The summed E-state index contributed by atoms with van der Waals surface area (Å²) in [4.78, 5) is 24.2. The van der Waals surface area contributed by atoms with Crippen molar-refractivity contribution in [2.24, 2.45) is 5.92 Å². The molecule has 4 rings (SSSR count). The van der Waals surface area contributed by atoms with Gasteiger partial charge in [0.15, 0.2) is 0 Å². The average molecular weight is 327 g/mol. The summed E-state index contributed by atoms with van der Waals surface area (Å²) in [5.74, 6) is 1.88. The highest BCUT2D eigenvalue weighted by Gasteiger charge is 2.44. The van der Waals surface area contributed by atoms with E-state index in [1.54, 1.807) is 0 Å². The molecule has 4 nitrogen and oxygen atoms in total. The van der Waals surface area contributed by atoms with Crippen LogP contribution in [0.5, 0.6) is 0 Å². The summed E-state index contributed by atoms with van der Waals surface area (Å²) < 4.78 is 0. The largest absolute Gasteiger partial charge is 0.342 e. The number of carbonyl (C=O) groups is 1. The van der Waals surface area contributed by atoms with E-state index < -0.39 is 0 Å². The quantitative estimate of drug-likeness (QED) is 0.834. The molecule has 1 spiro atoms. The van der Waals surface area contributed by atoms with Crippen molar-refractivity contribution in [2.75, 3.05) is 13.1 Å². The molecule has 2 heterocycles. The number of rotatable bonds is 2. The summed E-state index contributed by atoms with van der Waals surface area (Å²) in [5, 5.41) is 0. The lowest BCUT2D eigenvalue weighted by atomic mass is 9.77. The number of hydrogen-bond donors (Lipinski definition) is 0. The highest BCUT2D eigenvalue weighted by Crippen LogP contribution is 2.44. The minimum atomic E-state index is 0.101. The van der Waals surface area contributed by atoms with Gasteiger partial charge in [0.05, 0.1) is 5.69 Å². The van der Waals surface area contributed by atoms with E-state index in [2.05, 4.69) is 9.88 Å². The predicted molar refractivity (Wildman–Crippen MR) is 93.8 cm³/mol. The number of fused-ring (bicyclic) bond motifs is 2. The lowest BCUT2D eigenvalue weighted by Crippen LogP contribution is -2.48. The van der Waals surface area contributed by atoms with Gasteiger partial charge >= 0.3 is 0 Å². The van der Waals surface area contributed by atoms with Crippen molar-refractivity contribution in [3.05, 3.63) is 23.3 Å². The lowest BCUT2D eigenvalue weighted by Gasteiger charge is -2.41. The number of hydrogen-bond acceptors (Lipinski definition) is 3. The van der Waals surface area contributed by atoms with Crippen LogP contribution in [0.2, 0.25) is 0 Å². The first kappa shape index (κ1) is 16.0. The Labute approximate surface area is 145 Å². The maximum atomic E-state index is 12.9. The summed E-state index contributed by atoms with van der Waals surface area (Å²) >= 11 is 0. The Kier molecular flexibility index (Phi) is 4.31. The third-order valence-corrected chi connectivity index (χ3v) is 6.48. The fourth-order valence-corrected chi connectivity index (χ4v) is 5.14. The van der Waals surface area contributed by atoms with Crippen LogP contribution in [0.3, 0.4) is 0 Å². The maximum Gasteiger partial charge on any atom is 0.222 e. The first-order valence-electron chi connectivity index (χ1n) is 9.77. The van der Waals surface area contributed by atoms with E-state index in [0.717, 1.165) is 44.6 Å². The van der Waals surface area contributed by atoms with Crippen LogP contribution in [0.25, 0.3) is 0 Å². The molecule has 1 aliphatic heterocycles. The Hall–Kier alpha value is -1.45.